The van der Waals surface area contributed by atoms with Gasteiger partial charge in [-0.2, -0.15) is 0 Å². The Hall–Kier alpha value is -1.06. The maximum Gasteiger partial charge on any atom is 0.237 e. The molecule has 0 aliphatic carbocycles. The van der Waals surface area contributed by atoms with Gasteiger partial charge in [-0.15, -0.1) is 0 Å². The largest absolute Gasteiger partial charge is 0.354 e. The van der Waals surface area contributed by atoms with Crippen molar-refractivity contribution in [2.45, 2.75) is 33.2 Å². The smallest absolute Gasteiger partial charge is 0.237 e. The SMILES string of the molecule is CC(C)(C)[C@@H](N)C(=O)NCCc1cccc(Cl)c1. The molecule has 3 N–H and O–H groups in total. The maximum absolute atomic E-state index is 11.8. The number of nitrogens with two attached hydrogens (primary N) is 1. The van der Waals surface area contributed by atoms with E-state index in [1.807, 2.05) is 45.0 Å². The first-order valence-corrected chi connectivity index (χ1v) is 6.46. The zero-order chi connectivity index (χ0) is 13.8. The minimum atomic E-state index is -0.489. The summed E-state index contributed by atoms with van der Waals surface area (Å²) in [6, 6.07) is 7.13. The average Bonchev–Trinajstić information content (AvgIpc) is 2.26. The summed E-state index contributed by atoms with van der Waals surface area (Å²) in [6.45, 7) is 6.43. The molecular weight excluding hydrogens is 248 g/mol. The fourth-order valence-electron chi connectivity index (χ4n) is 1.53. The van der Waals surface area contributed by atoms with Crippen LogP contribution in [-0.2, 0) is 11.2 Å². The fourth-order valence-corrected chi connectivity index (χ4v) is 1.74. The Morgan fingerprint density at radius 2 is 2.11 bits per heavy atom. The van der Waals surface area contributed by atoms with Gasteiger partial charge in [-0.05, 0) is 29.5 Å². The Kier molecular flexibility index (Phi) is 5.17. The Balaban J connectivity index is 2.41. The number of rotatable bonds is 4. The van der Waals surface area contributed by atoms with Gasteiger partial charge in [0.05, 0.1) is 6.04 Å². The number of carbonyl (C=O) groups is 1. The van der Waals surface area contributed by atoms with E-state index in [0.29, 0.717) is 11.6 Å². The van der Waals surface area contributed by atoms with E-state index in [2.05, 4.69) is 5.32 Å². The second-order valence-electron chi connectivity index (χ2n) is 5.51. The molecule has 0 bridgehead atoms. The highest BCUT2D eigenvalue weighted by molar-refractivity contribution is 6.30. The van der Waals surface area contributed by atoms with Crippen molar-refractivity contribution in [1.82, 2.24) is 5.32 Å². The van der Waals surface area contributed by atoms with Crippen molar-refractivity contribution in [2.24, 2.45) is 11.1 Å². The lowest BCUT2D eigenvalue weighted by Gasteiger charge is -2.25. The fraction of sp³-hybridized carbons (Fsp3) is 0.500. The molecule has 0 unspecified atom stereocenters. The molecule has 1 aromatic carbocycles. The molecular formula is C14H21ClN2O. The van der Waals surface area contributed by atoms with Crippen molar-refractivity contribution < 1.29 is 4.79 Å². The third kappa shape index (κ3) is 4.67. The maximum atomic E-state index is 11.8. The van der Waals surface area contributed by atoms with E-state index in [1.165, 1.54) is 0 Å². The van der Waals surface area contributed by atoms with Gasteiger partial charge in [-0.3, -0.25) is 4.79 Å². The lowest BCUT2D eigenvalue weighted by Crippen LogP contribution is -2.48. The molecule has 0 radical (unpaired) electrons. The van der Waals surface area contributed by atoms with Crippen LogP contribution in [0.2, 0.25) is 5.02 Å². The van der Waals surface area contributed by atoms with E-state index in [-0.39, 0.29) is 11.3 Å². The van der Waals surface area contributed by atoms with Crippen LogP contribution >= 0.6 is 11.6 Å². The highest BCUT2D eigenvalue weighted by Gasteiger charge is 2.26. The number of halogens is 1. The van der Waals surface area contributed by atoms with Gasteiger partial charge in [0.2, 0.25) is 5.91 Å². The van der Waals surface area contributed by atoms with E-state index >= 15 is 0 Å². The predicted octanol–water partition coefficient (Wildman–Crippen LogP) is 2.37. The second kappa shape index (κ2) is 6.21. The zero-order valence-electron chi connectivity index (χ0n) is 11.2. The quantitative estimate of drug-likeness (QED) is 0.881. The van der Waals surface area contributed by atoms with Crippen LogP contribution in [0.4, 0.5) is 0 Å². The van der Waals surface area contributed by atoms with Crippen molar-refractivity contribution in [3.8, 4) is 0 Å². The standard InChI is InChI=1S/C14H21ClN2O/c1-14(2,3)12(16)13(18)17-8-7-10-5-4-6-11(15)9-10/h4-6,9,12H,7-8,16H2,1-3H3,(H,17,18)/t12-/m0/s1. The molecule has 0 fully saturated rings. The van der Waals surface area contributed by atoms with Crippen LogP contribution in [0.25, 0.3) is 0 Å². The molecule has 0 saturated heterocycles. The molecule has 3 nitrogen and oxygen atoms in total. The number of carbonyl (C=O) groups excluding carboxylic acids is 1. The summed E-state index contributed by atoms with van der Waals surface area (Å²) in [5.74, 6) is -0.107. The van der Waals surface area contributed by atoms with Crippen molar-refractivity contribution in [3.05, 3.63) is 34.9 Å². The van der Waals surface area contributed by atoms with Gasteiger partial charge in [-0.25, -0.2) is 0 Å². The lowest BCUT2D eigenvalue weighted by atomic mass is 9.87. The molecule has 0 saturated carbocycles. The monoisotopic (exact) mass is 268 g/mol. The Labute approximate surface area is 114 Å². The third-order valence-corrected chi connectivity index (χ3v) is 3.05. The molecule has 0 aromatic heterocycles. The molecule has 1 aromatic rings. The normalized spacial score (nSPS) is 13.2. The molecule has 18 heavy (non-hydrogen) atoms. The average molecular weight is 269 g/mol. The number of hydrogen-bond donors (Lipinski definition) is 2. The van der Waals surface area contributed by atoms with Crippen LogP contribution < -0.4 is 11.1 Å². The molecule has 0 aliphatic heterocycles. The van der Waals surface area contributed by atoms with Crippen molar-refractivity contribution in [1.29, 1.82) is 0 Å². The number of nitrogens with one attached hydrogen (secondary N) is 1. The predicted molar refractivity (Wildman–Crippen MR) is 75.6 cm³/mol. The van der Waals surface area contributed by atoms with Crippen LogP contribution in [-0.4, -0.2) is 18.5 Å². The summed E-state index contributed by atoms with van der Waals surface area (Å²) in [5, 5.41) is 3.56. The summed E-state index contributed by atoms with van der Waals surface area (Å²) in [7, 11) is 0. The van der Waals surface area contributed by atoms with Crippen molar-refractivity contribution in [3.63, 3.8) is 0 Å². The van der Waals surface area contributed by atoms with E-state index in [9.17, 15) is 4.79 Å². The van der Waals surface area contributed by atoms with Gasteiger partial charge in [0.1, 0.15) is 0 Å². The first kappa shape index (κ1) is 15.0. The highest BCUT2D eigenvalue weighted by atomic mass is 35.5. The summed E-state index contributed by atoms with van der Waals surface area (Å²) in [6.07, 6.45) is 0.753. The number of benzene rings is 1. The van der Waals surface area contributed by atoms with Crippen LogP contribution in [0.1, 0.15) is 26.3 Å². The Morgan fingerprint density at radius 3 is 2.67 bits per heavy atom. The summed E-state index contributed by atoms with van der Waals surface area (Å²) >= 11 is 5.89. The topological polar surface area (TPSA) is 55.1 Å². The minimum Gasteiger partial charge on any atom is -0.354 e. The van der Waals surface area contributed by atoms with E-state index in [0.717, 1.165) is 12.0 Å². The van der Waals surface area contributed by atoms with E-state index < -0.39 is 6.04 Å². The lowest BCUT2D eigenvalue weighted by molar-refractivity contribution is -0.124. The van der Waals surface area contributed by atoms with Crippen LogP contribution in [0.5, 0.6) is 0 Å². The van der Waals surface area contributed by atoms with E-state index in [1.54, 1.807) is 0 Å². The molecule has 1 rings (SSSR count). The van der Waals surface area contributed by atoms with Crippen molar-refractivity contribution >= 4 is 17.5 Å². The molecule has 0 spiro atoms. The number of hydrogen-bond acceptors (Lipinski definition) is 2. The first-order chi connectivity index (χ1) is 8.30. The van der Waals surface area contributed by atoms with Crippen LogP contribution in [0.3, 0.4) is 0 Å². The zero-order valence-corrected chi connectivity index (χ0v) is 11.9. The molecule has 0 aliphatic rings. The molecule has 0 heterocycles. The van der Waals surface area contributed by atoms with Gasteiger partial charge in [0.25, 0.3) is 0 Å². The van der Waals surface area contributed by atoms with Gasteiger partial charge < -0.3 is 11.1 Å². The minimum absolute atomic E-state index is 0.107. The Morgan fingerprint density at radius 1 is 1.44 bits per heavy atom. The molecule has 1 atom stereocenters. The molecule has 1 amide bonds. The van der Waals surface area contributed by atoms with Crippen molar-refractivity contribution in [2.75, 3.05) is 6.54 Å². The third-order valence-electron chi connectivity index (χ3n) is 2.82. The summed E-state index contributed by atoms with van der Waals surface area (Å²) < 4.78 is 0. The van der Waals surface area contributed by atoms with Gasteiger partial charge in [-0.1, -0.05) is 44.5 Å². The van der Waals surface area contributed by atoms with Gasteiger partial charge >= 0.3 is 0 Å². The summed E-state index contributed by atoms with van der Waals surface area (Å²) in [5.41, 5.74) is 6.75. The molecule has 4 heteroatoms. The molecule has 100 valence electrons. The van der Waals surface area contributed by atoms with Crippen LogP contribution in [0.15, 0.2) is 24.3 Å². The van der Waals surface area contributed by atoms with Gasteiger partial charge in [0.15, 0.2) is 0 Å². The second-order valence-corrected chi connectivity index (χ2v) is 5.95. The Bertz CT molecular complexity index is 413. The summed E-state index contributed by atoms with van der Waals surface area (Å²) in [4.78, 5) is 11.8. The van der Waals surface area contributed by atoms with E-state index in [4.69, 9.17) is 17.3 Å². The first-order valence-electron chi connectivity index (χ1n) is 6.08. The van der Waals surface area contributed by atoms with Gasteiger partial charge in [0, 0.05) is 11.6 Å². The number of amides is 1. The highest BCUT2D eigenvalue weighted by Crippen LogP contribution is 2.17. The van der Waals surface area contributed by atoms with Crippen LogP contribution in [0, 0.1) is 5.41 Å².